The van der Waals surface area contributed by atoms with E-state index >= 15 is 0 Å². The molecule has 0 atom stereocenters. The zero-order chi connectivity index (χ0) is 19.7. The first kappa shape index (κ1) is 18.9. The Hall–Kier alpha value is -2.40. The van der Waals surface area contributed by atoms with E-state index in [1.807, 2.05) is 18.2 Å². The normalized spacial score (nSPS) is 13.6. The van der Waals surface area contributed by atoms with Gasteiger partial charge in [0.15, 0.2) is 16.3 Å². The van der Waals surface area contributed by atoms with Crippen LogP contribution in [-0.4, -0.2) is 36.8 Å². The average Bonchev–Trinajstić information content (AvgIpc) is 3.02. The Morgan fingerprint density at radius 2 is 1.93 bits per heavy atom. The minimum Gasteiger partial charge on any atom is -0.486 e. The molecular formula is C19H15IN2O5S. The first-order valence-electron chi connectivity index (χ1n) is 8.40. The molecule has 0 saturated heterocycles. The van der Waals surface area contributed by atoms with Gasteiger partial charge in [-0.1, -0.05) is 23.5 Å². The lowest BCUT2D eigenvalue weighted by atomic mass is 10.2. The summed E-state index contributed by atoms with van der Waals surface area (Å²) in [7, 11) is 1.32. The molecule has 9 heteroatoms. The van der Waals surface area contributed by atoms with Gasteiger partial charge < -0.3 is 18.8 Å². The lowest BCUT2D eigenvalue weighted by molar-refractivity contribution is -0.141. The van der Waals surface area contributed by atoms with Crippen LogP contribution in [0.5, 0.6) is 11.5 Å². The second-order valence-corrected chi connectivity index (χ2v) is 8.08. The Bertz CT molecular complexity index is 1150. The lowest BCUT2D eigenvalue weighted by Gasteiger charge is -2.18. The summed E-state index contributed by atoms with van der Waals surface area (Å²) in [6, 6.07) is 10.9. The number of rotatable bonds is 3. The number of hydrogen-bond donors (Lipinski definition) is 0. The molecule has 0 spiro atoms. The van der Waals surface area contributed by atoms with E-state index in [-0.39, 0.29) is 12.5 Å². The van der Waals surface area contributed by atoms with Crippen LogP contribution in [0.2, 0.25) is 0 Å². The number of carbonyl (C=O) groups is 2. The molecular weight excluding hydrogens is 495 g/mol. The van der Waals surface area contributed by atoms with Crippen molar-refractivity contribution in [1.82, 2.24) is 4.57 Å². The van der Waals surface area contributed by atoms with E-state index in [0.29, 0.717) is 35.1 Å². The number of fused-ring (bicyclic) bond motifs is 2. The molecule has 0 fully saturated rings. The number of hydrogen-bond acceptors (Lipinski definition) is 6. The summed E-state index contributed by atoms with van der Waals surface area (Å²) in [5, 5.41) is 0. The van der Waals surface area contributed by atoms with Gasteiger partial charge >= 0.3 is 5.97 Å². The van der Waals surface area contributed by atoms with Crippen LogP contribution in [0.25, 0.3) is 10.2 Å². The van der Waals surface area contributed by atoms with Gasteiger partial charge in [-0.2, -0.15) is 4.99 Å². The number of carbonyl (C=O) groups excluding carboxylic acids is 2. The van der Waals surface area contributed by atoms with E-state index in [4.69, 9.17) is 14.2 Å². The number of ether oxygens (including phenoxy) is 3. The standard InChI is InChI=1S/C19H15IN2O5S/c1-25-17(23)10-22-13-8-14-15(27-7-6-26-14)9-16(13)28-19(22)21-18(24)11-4-2-3-5-12(11)20/h2-5,8-9H,6-7,10H2,1H3. The van der Waals surface area contributed by atoms with E-state index in [1.54, 1.807) is 22.8 Å². The highest BCUT2D eigenvalue weighted by Crippen LogP contribution is 2.35. The smallest absolute Gasteiger partial charge is 0.325 e. The molecule has 1 aliphatic heterocycles. The zero-order valence-electron chi connectivity index (χ0n) is 14.8. The maximum atomic E-state index is 12.7. The summed E-state index contributed by atoms with van der Waals surface area (Å²) in [6.07, 6.45) is 0. The molecule has 144 valence electrons. The number of methoxy groups -OCH3 is 1. The number of halogens is 1. The van der Waals surface area contributed by atoms with Crippen molar-refractivity contribution in [3.05, 3.63) is 50.3 Å². The fraction of sp³-hybridized carbons (Fsp3) is 0.211. The van der Waals surface area contributed by atoms with Gasteiger partial charge in [-0.3, -0.25) is 9.59 Å². The van der Waals surface area contributed by atoms with Crippen LogP contribution in [0.4, 0.5) is 0 Å². The van der Waals surface area contributed by atoms with Crippen molar-refractivity contribution in [3.63, 3.8) is 0 Å². The highest BCUT2D eigenvalue weighted by molar-refractivity contribution is 14.1. The number of aromatic nitrogens is 1. The van der Waals surface area contributed by atoms with Gasteiger partial charge in [0.1, 0.15) is 19.8 Å². The Morgan fingerprint density at radius 1 is 1.21 bits per heavy atom. The van der Waals surface area contributed by atoms with E-state index in [0.717, 1.165) is 13.8 Å². The highest BCUT2D eigenvalue weighted by atomic mass is 127. The van der Waals surface area contributed by atoms with Gasteiger partial charge in [0.2, 0.25) is 0 Å². The van der Waals surface area contributed by atoms with Gasteiger partial charge in [-0.15, -0.1) is 0 Å². The molecule has 2 heterocycles. The second-order valence-electron chi connectivity index (χ2n) is 5.91. The van der Waals surface area contributed by atoms with Crippen molar-refractivity contribution in [1.29, 1.82) is 0 Å². The molecule has 4 rings (SSSR count). The topological polar surface area (TPSA) is 79.1 Å². The van der Waals surface area contributed by atoms with Gasteiger partial charge in [0, 0.05) is 15.7 Å². The molecule has 0 bridgehead atoms. The molecule has 0 N–H and O–H groups in total. The van der Waals surface area contributed by atoms with Gasteiger partial charge in [0.05, 0.1) is 22.9 Å². The molecule has 0 radical (unpaired) electrons. The van der Waals surface area contributed by atoms with Crippen LogP contribution in [-0.2, 0) is 16.1 Å². The Morgan fingerprint density at radius 3 is 2.64 bits per heavy atom. The molecule has 0 saturated carbocycles. The molecule has 1 amide bonds. The molecule has 28 heavy (non-hydrogen) atoms. The van der Waals surface area contributed by atoms with Gasteiger partial charge in [-0.05, 0) is 34.7 Å². The Kier molecular flexibility index (Phi) is 5.36. The zero-order valence-corrected chi connectivity index (χ0v) is 17.8. The number of nitrogens with zero attached hydrogens (tertiary/aromatic N) is 2. The first-order valence-corrected chi connectivity index (χ1v) is 10.3. The summed E-state index contributed by atoms with van der Waals surface area (Å²) >= 11 is 3.41. The molecule has 1 aromatic heterocycles. The summed E-state index contributed by atoms with van der Waals surface area (Å²) < 4.78 is 19.4. The maximum absolute atomic E-state index is 12.7. The fourth-order valence-corrected chi connectivity index (χ4v) is 4.48. The monoisotopic (exact) mass is 510 g/mol. The quantitative estimate of drug-likeness (QED) is 0.400. The van der Waals surface area contributed by atoms with Crippen molar-refractivity contribution in [3.8, 4) is 11.5 Å². The fourth-order valence-electron chi connectivity index (χ4n) is 2.82. The molecule has 0 unspecified atom stereocenters. The van der Waals surface area contributed by atoms with Crippen LogP contribution in [0, 0.1) is 3.57 Å². The van der Waals surface area contributed by atoms with Crippen molar-refractivity contribution in [2.75, 3.05) is 20.3 Å². The predicted octanol–water partition coefficient (Wildman–Crippen LogP) is 2.99. The van der Waals surface area contributed by atoms with Crippen molar-refractivity contribution in [2.24, 2.45) is 4.99 Å². The summed E-state index contributed by atoms with van der Waals surface area (Å²) in [5.41, 5.74) is 1.24. The van der Waals surface area contributed by atoms with E-state index in [2.05, 4.69) is 27.6 Å². The number of amides is 1. The highest BCUT2D eigenvalue weighted by Gasteiger charge is 2.18. The third-order valence-electron chi connectivity index (χ3n) is 4.16. The molecule has 3 aromatic rings. The number of esters is 1. The van der Waals surface area contributed by atoms with Crippen molar-refractivity contribution < 1.29 is 23.8 Å². The SMILES string of the molecule is COC(=O)Cn1c(=NC(=O)c2ccccc2I)sc2cc3c(cc21)OCCO3. The van der Waals surface area contributed by atoms with Gasteiger partial charge in [-0.25, -0.2) is 0 Å². The average molecular weight is 510 g/mol. The Labute approximate surface area is 177 Å². The molecule has 1 aliphatic rings. The predicted molar refractivity (Wildman–Crippen MR) is 112 cm³/mol. The van der Waals surface area contributed by atoms with E-state index < -0.39 is 5.97 Å². The summed E-state index contributed by atoms with van der Waals surface area (Å²) in [6.45, 7) is 0.879. The molecule has 0 aliphatic carbocycles. The largest absolute Gasteiger partial charge is 0.486 e. The third kappa shape index (κ3) is 3.63. The van der Waals surface area contributed by atoms with Crippen LogP contribution in [0.1, 0.15) is 10.4 Å². The summed E-state index contributed by atoms with van der Waals surface area (Å²) in [5.74, 6) is 0.441. The van der Waals surface area contributed by atoms with Crippen molar-refractivity contribution >= 4 is 56.0 Å². The first-order chi connectivity index (χ1) is 13.6. The number of thiazole rings is 1. The van der Waals surface area contributed by atoms with E-state index in [1.165, 1.54) is 18.4 Å². The minimum atomic E-state index is -0.433. The Balaban J connectivity index is 1.88. The molecule has 2 aromatic carbocycles. The van der Waals surface area contributed by atoms with Crippen LogP contribution >= 0.6 is 33.9 Å². The van der Waals surface area contributed by atoms with E-state index in [9.17, 15) is 9.59 Å². The van der Waals surface area contributed by atoms with Crippen LogP contribution in [0.3, 0.4) is 0 Å². The summed E-state index contributed by atoms with van der Waals surface area (Å²) in [4.78, 5) is 29.4. The second kappa shape index (κ2) is 7.92. The maximum Gasteiger partial charge on any atom is 0.325 e. The lowest BCUT2D eigenvalue weighted by Crippen LogP contribution is -2.22. The van der Waals surface area contributed by atoms with Crippen LogP contribution < -0.4 is 14.3 Å². The third-order valence-corrected chi connectivity index (χ3v) is 6.14. The number of benzene rings is 2. The van der Waals surface area contributed by atoms with Gasteiger partial charge in [0.25, 0.3) is 5.91 Å². The van der Waals surface area contributed by atoms with Crippen molar-refractivity contribution in [2.45, 2.75) is 6.54 Å². The minimum absolute atomic E-state index is 0.0614. The molecule has 7 nitrogen and oxygen atoms in total. The van der Waals surface area contributed by atoms with Crippen LogP contribution in [0.15, 0.2) is 41.4 Å².